The quantitative estimate of drug-likeness (QED) is 0.118. The molecule has 2 fully saturated rings. The van der Waals surface area contributed by atoms with Crippen LogP contribution in [0.4, 0.5) is 31.7 Å². The Labute approximate surface area is 413 Å². The number of alkyl halides is 2. The molecule has 17 nitrogen and oxygen atoms in total. The first-order chi connectivity index (χ1) is 34.8. The second-order valence-corrected chi connectivity index (χ2v) is 19.3. The molecule has 3 aromatic heterocycles. The van der Waals surface area contributed by atoms with Gasteiger partial charge in [-0.05, 0) is 91.3 Å². The van der Waals surface area contributed by atoms with Crippen molar-refractivity contribution in [1.29, 1.82) is 0 Å². The Balaban J connectivity index is 0.744. The number of carbonyl (C=O) groups is 6. The van der Waals surface area contributed by atoms with Gasteiger partial charge in [-0.2, -0.15) is 5.10 Å². The van der Waals surface area contributed by atoms with Crippen LogP contribution in [0.25, 0.3) is 22.0 Å². The zero-order chi connectivity index (χ0) is 49.9. The minimum atomic E-state index is -2.72. The van der Waals surface area contributed by atoms with E-state index in [1.54, 1.807) is 55.7 Å². The van der Waals surface area contributed by atoms with E-state index < -0.39 is 36.1 Å². The second kappa shape index (κ2) is 18.7. The van der Waals surface area contributed by atoms with Crippen LogP contribution in [0.2, 0.25) is 0 Å². The van der Waals surface area contributed by atoms with Crippen LogP contribution >= 0.6 is 0 Å². The molecule has 6 aromatic rings. The number of rotatable bonds is 11. The van der Waals surface area contributed by atoms with Gasteiger partial charge in [0.25, 0.3) is 18.2 Å². The number of halogens is 2. The van der Waals surface area contributed by atoms with Crippen molar-refractivity contribution < 1.29 is 37.5 Å². The molecule has 8 heterocycles. The zero-order valence-electron chi connectivity index (χ0n) is 39.9. The third-order valence-electron chi connectivity index (χ3n) is 14.9. The molecular weight excluding hydrogens is 925 g/mol. The number of anilines is 4. The summed E-state index contributed by atoms with van der Waals surface area (Å²) in [4.78, 5) is 88.4. The van der Waals surface area contributed by atoms with Gasteiger partial charge in [-0.1, -0.05) is 18.2 Å². The number of pyridine rings is 1. The number of imide groups is 2. The minimum absolute atomic E-state index is 0.0285. The molecule has 5 aliphatic heterocycles. The molecule has 6 amide bonds. The first-order valence-corrected chi connectivity index (χ1v) is 24.5. The van der Waals surface area contributed by atoms with Gasteiger partial charge in [-0.25, -0.2) is 8.78 Å². The van der Waals surface area contributed by atoms with Crippen LogP contribution < -0.4 is 20.9 Å². The number of aromatic nitrogens is 4. The SMILES string of the molecule is CC(=O)N1CCc2c(c(N3CCCc4cc(-c5cn(C)c6ccncc56)c(C(F)F)cc43)nn2C2CCN(CC(=O)Nc3ccc(CNc4cccc5c4C(=O)N(C4CCC(=O)NC4=O)C5=O)cc3)CC2)C1. The van der Waals surface area contributed by atoms with Crippen molar-refractivity contribution in [2.45, 2.75) is 83.5 Å². The summed E-state index contributed by atoms with van der Waals surface area (Å²) in [6.45, 7) is 4.94. The topological polar surface area (TPSA) is 187 Å². The van der Waals surface area contributed by atoms with E-state index in [0.29, 0.717) is 74.1 Å². The molecule has 0 spiro atoms. The van der Waals surface area contributed by atoms with E-state index in [1.807, 2.05) is 47.0 Å². The zero-order valence-corrected chi connectivity index (χ0v) is 39.9. The number of nitrogens with one attached hydrogen (secondary N) is 3. The molecule has 370 valence electrons. The van der Waals surface area contributed by atoms with Crippen LogP contribution in [0.1, 0.15) is 100 Å². The molecule has 1 atom stereocenters. The van der Waals surface area contributed by atoms with Crippen molar-refractivity contribution in [2.24, 2.45) is 7.05 Å². The van der Waals surface area contributed by atoms with Gasteiger partial charge < -0.3 is 25.0 Å². The fourth-order valence-electron chi connectivity index (χ4n) is 11.2. The molecule has 0 aliphatic carbocycles. The monoisotopic (exact) mass is 977 g/mol. The van der Waals surface area contributed by atoms with Crippen LogP contribution in [0, 0.1) is 0 Å². The summed E-state index contributed by atoms with van der Waals surface area (Å²) in [7, 11) is 1.91. The summed E-state index contributed by atoms with van der Waals surface area (Å²) in [5.74, 6) is -1.75. The molecule has 11 rings (SSSR count). The van der Waals surface area contributed by atoms with Gasteiger partial charge in [0.05, 0.1) is 35.8 Å². The maximum Gasteiger partial charge on any atom is 0.264 e. The summed E-state index contributed by atoms with van der Waals surface area (Å²) >= 11 is 0. The minimum Gasteiger partial charge on any atom is -0.380 e. The summed E-state index contributed by atoms with van der Waals surface area (Å²) in [6, 6.07) is 16.7. The Hall–Kier alpha value is -7.80. The summed E-state index contributed by atoms with van der Waals surface area (Å²) < 4.78 is 34.3. The van der Waals surface area contributed by atoms with Gasteiger partial charge in [-0.15, -0.1) is 0 Å². The van der Waals surface area contributed by atoms with E-state index in [4.69, 9.17) is 5.10 Å². The van der Waals surface area contributed by atoms with Crippen LogP contribution in [0.15, 0.2) is 79.3 Å². The van der Waals surface area contributed by atoms with Crippen molar-refractivity contribution in [3.63, 3.8) is 0 Å². The van der Waals surface area contributed by atoms with Crippen LogP contribution in [0.3, 0.4) is 0 Å². The summed E-state index contributed by atoms with van der Waals surface area (Å²) in [5.41, 5.74) is 8.06. The van der Waals surface area contributed by atoms with Crippen LogP contribution in [-0.2, 0) is 52.2 Å². The summed E-state index contributed by atoms with van der Waals surface area (Å²) in [6.07, 6.45) is 6.34. The highest BCUT2D eigenvalue weighted by Gasteiger charge is 2.46. The number of nitrogens with zero attached hydrogens (tertiary/aromatic N) is 8. The number of benzene rings is 3. The van der Waals surface area contributed by atoms with E-state index in [1.165, 1.54) is 0 Å². The number of piperidine rings is 2. The molecule has 5 aliphatic rings. The Morgan fingerprint density at radius 1 is 0.889 bits per heavy atom. The average molecular weight is 978 g/mol. The number of carbonyl (C=O) groups excluding carboxylic acids is 6. The predicted molar refractivity (Wildman–Crippen MR) is 264 cm³/mol. The third-order valence-corrected chi connectivity index (χ3v) is 14.9. The molecule has 3 N–H and O–H groups in total. The van der Waals surface area contributed by atoms with Crippen LogP contribution in [-0.4, -0.2) is 108 Å². The molecule has 2 saturated heterocycles. The van der Waals surface area contributed by atoms with Crippen molar-refractivity contribution in [2.75, 3.05) is 48.3 Å². The number of likely N-dealkylation sites (tertiary alicyclic amines) is 1. The average Bonchev–Trinajstić information content (AvgIpc) is 4.01. The molecule has 0 saturated carbocycles. The van der Waals surface area contributed by atoms with Gasteiger partial charge in [0.2, 0.25) is 23.6 Å². The van der Waals surface area contributed by atoms with Gasteiger partial charge >= 0.3 is 0 Å². The molecule has 0 radical (unpaired) electrons. The Morgan fingerprint density at radius 2 is 1.69 bits per heavy atom. The van der Waals surface area contributed by atoms with E-state index in [-0.39, 0.29) is 53.9 Å². The van der Waals surface area contributed by atoms with Crippen molar-refractivity contribution >= 4 is 69.2 Å². The predicted octanol–water partition coefficient (Wildman–Crippen LogP) is 6.65. The molecule has 0 bridgehead atoms. The lowest BCUT2D eigenvalue weighted by atomic mass is 9.91. The lowest BCUT2D eigenvalue weighted by Crippen LogP contribution is -2.54. The van der Waals surface area contributed by atoms with Crippen LogP contribution in [0.5, 0.6) is 0 Å². The van der Waals surface area contributed by atoms with Gasteiger partial charge in [0.1, 0.15) is 6.04 Å². The lowest BCUT2D eigenvalue weighted by molar-refractivity contribution is -0.136. The third kappa shape index (κ3) is 8.43. The van der Waals surface area contributed by atoms with E-state index >= 15 is 8.78 Å². The number of hydrogen-bond donors (Lipinski definition) is 3. The molecule has 3 aromatic carbocycles. The number of aryl methyl sites for hydroxylation is 2. The maximum absolute atomic E-state index is 15.1. The smallest absolute Gasteiger partial charge is 0.264 e. The maximum atomic E-state index is 15.1. The molecule has 1 unspecified atom stereocenters. The Bertz CT molecular complexity index is 3210. The van der Waals surface area contributed by atoms with Crippen molar-refractivity contribution in [1.82, 2.24) is 39.3 Å². The van der Waals surface area contributed by atoms with Gasteiger partial charge in [0, 0.05) is 123 Å². The standard InChI is InChI=1S/C53H53F2N11O6/c1-30(67)63-22-17-43-40(28-63)50(64-19-4-5-32-23-36(37(49(54)55)24-45(32)64)39-27-61(2)42-14-18-56-26-38(39)42)60-66(43)34-15-20-62(21-16-34)29-47(69)58-33-10-8-31(9-11-33)25-57-41-7-3-6-35-48(41)53(72)65(52(35)71)44-12-13-46(68)59-51(44)70/h3,6-11,14,18,23-24,26-27,34,44,49,57H,4-5,12-13,15-17,19-22,25,28-29H2,1-2H3,(H,58,69)(H,59,68,70). The number of hydrogen-bond acceptors (Lipinski definition) is 11. The van der Waals surface area contributed by atoms with Crippen molar-refractivity contribution in [3.8, 4) is 11.1 Å². The van der Waals surface area contributed by atoms with E-state index in [2.05, 4.69) is 35.4 Å². The van der Waals surface area contributed by atoms with E-state index in [9.17, 15) is 28.8 Å². The van der Waals surface area contributed by atoms with Gasteiger partial charge in [-0.3, -0.25) is 53.5 Å². The molecular formula is C53H53F2N11O6. The second-order valence-electron chi connectivity index (χ2n) is 19.3. The Morgan fingerprint density at radius 3 is 2.46 bits per heavy atom. The highest BCUT2D eigenvalue weighted by Crippen LogP contribution is 2.45. The lowest BCUT2D eigenvalue weighted by Gasteiger charge is -2.33. The van der Waals surface area contributed by atoms with Gasteiger partial charge in [0.15, 0.2) is 5.82 Å². The van der Waals surface area contributed by atoms with Crippen molar-refractivity contribution in [3.05, 3.63) is 118 Å². The number of fused-ring (bicyclic) bond motifs is 4. The summed E-state index contributed by atoms with van der Waals surface area (Å²) in [5, 5.41) is 14.6. The first-order valence-electron chi connectivity index (χ1n) is 24.5. The normalized spacial score (nSPS) is 18.4. The fourth-order valence-corrected chi connectivity index (χ4v) is 11.2. The number of amides is 6. The fraction of sp³-hybridized carbons (Fsp3) is 0.358. The highest BCUT2D eigenvalue weighted by atomic mass is 19.3. The largest absolute Gasteiger partial charge is 0.380 e. The molecule has 19 heteroatoms. The Kier molecular flexibility index (Phi) is 12.1. The molecule has 72 heavy (non-hydrogen) atoms. The first kappa shape index (κ1) is 46.6. The highest BCUT2D eigenvalue weighted by molar-refractivity contribution is 6.25. The van der Waals surface area contributed by atoms with E-state index in [0.717, 1.165) is 69.4 Å².